The molecule has 0 unspecified atom stereocenters. The first-order valence-electron chi connectivity index (χ1n) is 3.16. The normalized spacial score (nSPS) is 11.5. The molecule has 11 heavy (non-hydrogen) atoms. The zero-order valence-corrected chi connectivity index (χ0v) is 7.72. The Morgan fingerprint density at radius 2 is 1.73 bits per heavy atom. The van der Waals surface area contributed by atoms with Gasteiger partial charge in [-0.3, -0.25) is 0 Å². The minimum atomic E-state index is -4.46. The molecule has 0 bridgehead atoms. The molecule has 0 aliphatic heterocycles. The van der Waals surface area contributed by atoms with E-state index < -0.39 is 14.2 Å². The van der Waals surface area contributed by atoms with Crippen molar-refractivity contribution in [3.8, 4) is 0 Å². The molecule has 2 N–H and O–H groups in total. The third kappa shape index (κ3) is 3.42. The van der Waals surface area contributed by atoms with Crippen LogP contribution in [0.1, 0.15) is 5.56 Å². The molecule has 0 aromatic heterocycles. The third-order valence-corrected chi connectivity index (χ3v) is 2.86. The Labute approximate surface area is 67.7 Å². The molecule has 0 spiro atoms. The van der Waals surface area contributed by atoms with Gasteiger partial charge in [-0.2, -0.15) is 0 Å². The average Bonchev–Trinajstić information content (AvgIpc) is 1.85. The first-order valence-corrected chi connectivity index (χ1v) is 6.93. The zero-order chi connectivity index (χ0) is 8.32. The zero-order valence-electron chi connectivity index (χ0n) is 5.84. The van der Waals surface area contributed by atoms with Crippen LogP contribution in [0.5, 0.6) is 0 Å². The summed E-state index contributed by atoms with van der Waals surface area (Å²) in [6, 6.07) is 8.76. The van der Waals surface area contributed by atoms with Gasteiger partial charge in [0.05, 0.1) is 0 Å². The fourth-order valence-corrected chi connectivity index (χ4v) is 2.26. The van der Waals surface area contributed by atoms with Gasteiger partial charge in [0.15, 0.2) is 0 Å². The molecule has 1 aromatic carbocycles. The summed E-state index contributed by atoms with van der Waals surface area (Å²) in [5, 5.41) is -0.112. The summed E-state index contributed by atoms with van der Waals surface area (Å²) in [6.07, 6.45) is 0. The topological polar surface area (TPSA) is 57.5 Å². The average molecular weight is 216 g/mol. The Morgan fingerprint density at radius 3 is 2.18 bits per heavy atom. The Hall–Kier alpha value is -0.502. The summed E-state index contributed by atoms with van der Waals surface area (Å²) in [5.41, 5.74) is 0.694. The van der Waals surface area contributed by atoms with Crippen molar-refractivity contribution in [2.45, 2.75) is 5.21 Å². The molecular formula is C7H9AsO3. The Balaban J connectivity index is 2.74. The second kappa shape index (κ2) is 3.26. The van der Waals surface area contributed by atoms with Crippen LogP contribution in [0.15, 0.2) is 30.3 Å². The summed E-state index contributed by atoms with van der Waals surface area (Å²) >= 11 is -4.46. The Bertz CT molecular complexity index is 264. The van der Waals surface area contributed by atoms with E-state index in [-0.39, 0.29) is 5.21 Å². The second-order valence-corrected chi connectivity index (χ2v) is 5.76. The summed E-state index contributed by atoms with van der Waals surface area (Å²) in [4.78, 5) is 0. The molecule has 0 saturated carbocycles. The van der Waals surface area contributed by atoms with Crippen molar-refractivity contribution in [2.75, 3.05) is 0 Å². The first kappa shape index (κ1) is 8.59. The van der Waals surface area contributed by atoms with Crippen molar-refractivity contribution in [3.05, 3.63) is 35.9 Å². The molecular weight excluding hydrogens is 207 g/mol. The van der Waals surface area contributed by atoms with Crippen LogP contribution in [-0.4, -0.2) is 22.4 Å². The molecule has 4 heteroatoms. The molecule has 0 amide bonds. The maximum absolute atomic E-state index is 10.6. The van der Waals surface area contributed by atoms with E-state index in [1.807, 2.05) is 6.07 Å². The van der Waals surface area contributed by atoms with Crippen LogP contribution in [0.4, 0.5) is 0 Å². The summed E-state index contributed by atoms with van der Waals surface area (Å²) in [5.74, 6) is 0. The van der Waals surface area contributed by atoms with Crippen molar-refractivity contribution < 1.29 is 11.9 Å². The van der Waals surface area contributed by atoms with E-state index in [2.05, 4.69) is 0 Å². The maximum atomic E-state index is 10.6. The number of hydrogen-bond acceptors (Lipinski definition) is 1. The quantitative estimate of drug-likeness (QED) is 0.690. The molecule has 0 atom stereocenters. The van der Waals surface area contributed by atoms with E-state index >= 15 is 0 Å². The molecule has 0 fully saturated rings. The van der Waals surface area contributed by atoms with E-state index in [1.54, 1.807) is 24.3 Å². The molecule has 3 nitrogen and oxygen atoms in total. The molecule has 0 saturated heterocycles. The molecule has 0 heterocycles. The monoisotopic (exact) mass is 216 g/mol. The van der Waals surface area contributed by atoms with Crippen LogP contribution in [-0.2, 0) is 8.95 Å². The van der Waals surface area contributed by atoms with Crippen molar-refractivity contribution in [1.82, 2.24) is 0 Å². The van der Waals surface area contributed by atoms with Gasteiger partial charge >= 0.3 is 67.2 Å². The van der Waals surface area contributed by atoms with Gasteiger partial charge in [-0.05, 0) is 0 Å². The predicted octanol–water partition coefficient (Wildman–Crippen LogP) is 0.122. The summed E-state index contributed by atoms with van der Waals surface area (Å²) < 4.78 is 27.8. The fourth-order valence-electron chi connectivity index (χ4n) is 0.821. The van der Waals surface area contributed by atoms with Gasteiger partial charge in [0.2, 0.25) is 0 Å². The van der Waals surface area contributed by atoms with Crippen molar-refractivity contribution >= 4 is 14.2 Å². The van der Waals surface area contributed by atoms with E-state index in [4.69, 9.17) is 8.19 Å². The van der Waals surface area contributed by atoms with Gasteiger partial charge in [0.1, 0.15) is 0 Å². The molecule has 0 aliphatic carbocycles. The van der Waals surface area contributed by atoms with Gasteiger partial charge in [0, 0.05) is 0 Å². The number of hydrogen-bond donors (Lipinski definition) is 2. The first-order chi connectivity index (χ1) is 5.08. The van der Waals surface area contributed by atoms with E-state index in [9.17, 15) is 3.74 Å². The van der Waals surface area contributed by atoms with Crippen LogP contribution in [0.3, 0.4) is 0 Å². The molecule has 0 aliphatic rings. The van der Waals surface area contributed by atoms with Crippen LogP contribution < -0.4 is 0 Å². The van der Waals surface area contributed by atoms with Gasteiger partial charge < -0.3 is 0 Å². The second-order valence-electron chi connectivity index (χ2n) is 2.31. The van der Waals surface area contributed by atoms with Crippen LogP contribution >= 0.6 is 0 Å². The Kier molecular flexibility index (Phi) is 2.55. The van der Waals surface area contributed by atoms with Crippen LogP contribution in [0, 0.1) is 0 Å². The van der Waals surface area contributed by atoms with Gasteiger partial charge in [-0.15, -0.1) is 0 Å². The van der Waals surface area contributed by atoms with E-state index in [0.29, 0.717) is 5.56 Å². The number of benzene rings is 1. The van der Waals surface area contributed by atoms with Gasteiger partial charge in [0.25, 0.3) is 0 Å². The van der Waals surface area contributed by atoms with Crippen LogP contribution in [0.25, 0.3) is 0 Å². The summed E-state index contributed by atoms with van der Waals surface area (Å²) in [6.45, 7) is 0. The molecule has 1 rings (SSSR count). The van der Waals surface area contributed by atoms with Crippen molar-refractivity contribution in [2.24, 2.45) is 0 Å². The predicted molar refractivity (Wildman–Crippen MR) is 41.0 cm³/mol. The van der Waals surface area contributed by atoms with E-state index in [1.165, 1.54) is 0 Å². The molecule has 1 aromatic rings. The van der Waals surface area contributed by atoms with Gasteiger partial charge in [-0.25, -0.2) is 0 Å². The number of rotatable bonds is 2. The van der Waals surface area contributed by atoms with Gasteiger partial charge in [-0.1, -0.05) is 0 Å². The molecule has 0 radical (unpaired) electrons. The van der Waals surface area contributed by atoms with Crippen molar-refractivity contribution in [1.29, 1.82) is 0 Å². The van der Waals surface area contributed by atoms with E-state index in [0.717, 1.165) is 0 Å². The summed E-state index contributed by atoms with van der Waals surface area (Å²) in [7, 11) is 0. The van der Waals surface area contributed by atoms with Crippen LogP contribution in [0.2, 0.25) is 0 Å². The third-order valence-electron chi connectivity index (χ3n) is 1.23. The Morgan fingerprint density at radius 1 is 1.18 bits per heavy atom. The molecule has 60 valence electrons. The standard InChI is InChI=1S/C7H9AsO3/c9-8(10,11)6-7-4-2-1-3-5-7/h1-5H,6H2,(H2,9,10,11). The fraction of sp³-hybridized carbons (Fsp3) is 0.143. The van der Waals surface area contributed by atoms with Crippen molar-refractivity contribution in [3.63, 3.8) is 0 Å². The SMILES string of the molecule is O=[As](O)(O)Cc1ccccc1. The minimum absolute atomic E-state index is 0.112.